The third-order valence-corrected chi connectivity index (χ3v) is 3.69. The van der Waals surface area contributed by atoms with E-state index in [1.165, 1.54) is 25.7 Å². The number of unbranched alkanes of at least 4 members (excludes halogenated alkanes) is 1. The minimum absolute atomic E-state index is 0.167. The predicted molar refractivity (Wildman–Crippen MR) is 84.0 cm³/mol. The van der Waals surface area contributed by atoms with E-state index in [2.05, 4.69) is 24.3 Å². The molecule has 20 heavy (non-hydrogen) atoms. The molecule has 1 aromatic carbocycles. The van der Waals surface area contributed by atoms with Crippen molar-refractivity contribution >= 4 is 5.84 Å². The van der Waals surface area contributed by atoms with Crippen molar-refractivity contribution in [3.05, 3.63) is 35.4 Å². The monoisotopic (exact) mass is 277 g/mol. The van der Waals surface area contributed by atoms with Crippen molar-refractivity contribution < 1.29 is 5.21 Å². The smallest absolute Gasteiger partial charge is 0.170 e. The van der Waals surface area contributed by atoms with Crippen molar-refractivity contribution in [2.24, 2.45) is 16.8 Å². The number of rotatable bonds is 9. The van der Waals surface area contributed by atoms with Crippen molar-refractivity contribution in [3.63, 3.8) is 0 Å². The van der Waals surface area contributed by atoms with Crippen LogP contribution in [0.5, 0.6) is 0 Å². The average Bonchev–Trinajstić information content (AvgIpc) is 2.50. The fourth-order valence-electron chi connectivity index (χ4n) is 2.33. The quantitative estimate of drug-likeness (QED) is 0.281. The maximum absolute atomic E-state index is 8.80. The molecule has 4 nitrogen and oxygen atoms in total. The van der Waals surface area contributed by atoms with E-state index in [4.69, 9.17) is 10.9 Å². The summed E-state index contributed by atoms with van der Waals surface area (Å²) in [6, 6.07) is 7.75. The van der Waals surface area contributed by atoms with E-state index in [9.17, 15) is 0 Å². The van der Waals surface area contributed by atoms with E-state index in [0.717, 1.165) is 30.1 Å². The Morgan fingerprint density at radius 3 is 2.75 bits per heavy atom. The van der Waals surface area contributed by atoms with Crippen molar-refractivity contribution in [3.8, 4) is 0 Å². The summed E-state index contributed by atoms with van der Waals surface area (Å²) in [7, 11) is 0. The number of benzene rings is 1. The van der Waals surface area contributed by atoms with Gasteiger partial charge in [-0.05, 0) is 24.4 Å². The molecule has 0 amide bonds. The predicted octanol–water partition coefficient (Wildman–Crippen LogP) is 3.09. The van der Waals surface area contributed by atoms with Gasteiger partial charge in [-0.25, -0.2) is 0 Å². The third kappa shape index (κ3) is 5.21. The number of nitrogens with two attached hydrogens (primary N) is 1. The first-order valence-electron chi connectivity index (χ1n) is 7.49. The van der Waals surface area contributed by atoms with Gasteiger partial charge < -0.3 is 16.3 Å². The topological polar surface area (TPSA) is 70.6 Å². The number of hydrogen-bond donors (Lipinski definition) is 3. The first kappa shape index (κ1) is 16.5. The van der Waals surface area contributed by atoms with E-state index in [1.54, 1.807) is 0 Å². The van der Waals surface area contributed by atoms with Gasteiger partial charge in [-0.15, -0.1) is 0 Å². The largest absolute Gasteiger partial charge is 0.409 e. The zero-order chi connectivity index (χ0) is 14.8. The molecule has 4 N–H and O–H groups in total. The summed E-state index contributed by atoms with van der Waals surface area (Å²) in [4.78, 5) is 0. The highest BCUT2D eigenvalue weighted by molar-refractivity contribution is 5.98. The van der Waals surface area contributed by atoms with Crippen LogP contribution in [-0.2, 0) is 6.54 Å². The van der Waals surface area contributed by atoms with Crippen LogP contribution in [0.1, 0.15) is 50.7 Å². The molecule has 4 heteroatoms. The Kier molecular flexibility index (Phi) is 7.73. The Labute approximate surface area is 122 Å². The second kappa shape index (κ2) is 9.37. The van der Waals surface area contributed by atoms with Crippen LogP contribution in [0.15, 0.2) is 29.4 Å². The van der Waals surface area contributed by atoms with Crippen molar-refractivity contribution in [2.45, 2.75) is 46.1 Å². The van der Waals surface area contributed by atoms with Gasteiger partial charge in [0.05, 0.1) is 0 Å². The van der Waals surface area contributed by atoms with Crippen molar-refractivity contribution in [1.82, 2.24) is 5.32 Å². The van der Waals surface area contributed by atoms with Gasteiger partial charge in [-0.2, -0.15) is 0 Å². The fourth-order valence-corrected chi connectivity index (χ4v) is 2.33. The van der Waals surface area contributed by atoms with Gasteiger partial charge >= 0.3 is 0 Å². The maximum atomic E-state index is 8.80. The second-order valence-corrected chi connectivity index (χ2v) is 5.19. The number of nitrogens with zero attached hydrogens (tertiary/aromatic N) is 1. The summed E-state index contributed by atoms with van der Waals surface area (Å²) < 4.78 is 0. The first-order valence-corrected chi connectivity index (χ1v) is 7.49. The van der Waals surface area contributed by atoms with Crippen LogP contribution in [0.3, 0.4) is 0 Å². The van der Waals surface area contributed by atoms with Gasteiger partial charge in [0.15, 0.2) is 5.84 Å². The molecule has 0 bridgehead atoms. The number of nitrogens with one attached hydrogen (secondary N) is 1. The molecule has 1 aromatic rings. The lowest BCUT2D eigenvalue weighted by molar-refractivity contribution is 0.318. The molecule has 1 unspecified atom stereocenters. The van der Waals surface area contributed by atoms with E-state index >= 15 is 0 Å². The van der Waals surface area contributed by atoms with Crippen LogP contribution < -0.4 is 11.1 Å². The van der Waals surface area contributed by atoms with E-state index in [-0.39, 0.29) is 5.84 Å². The fraction of sp³-hybridized carbons (Fsp3) is 0.562. The molecule has 1 atom stereocenters. The van der Waals surface area contributed by atoms with Crippen LogP contribution in [0.25, 0.3) is 0 Å². The lowest BCUT2D eigenvalue weighted by atomic mass is 9.99. The zero-order valence-corrected chi connectivity index (χ0v) is 12.6. The molecule has 112 valence electrons. The molecule has 1 rings (SSSR count). The van der Waals surface area contributed by atoms with Gasteiger partial charge in [0.25, 0.3) is 0 Å². The SMILES string of the molecule is CCCCC(CC)CNCc1ccccc1/C(N)=N/O. The molecular weight excluding hydrogens is 250 g/mol. The highest BCUT2D eigenvalue weighted by Crippen LogP contribution is 2.12. The molecular formula is C16H27N3O. The lowest BCUT2D eigenvalue weighted by Gasteiger charge is -2.16. The summed E-state index contributed by atoms with van der Waals surface area (Å²) >= 11 is 0. The minimum Gasteiger partial charge on any atom is -0.409 e. The van der Waals surface area contributed by atoms with Gasteiger partial charge in [0.2, 0.25) is 0 Å². The summed E-state index contributed by atoms with van der Waals surface area (Å²) in [5.41, 5.74) is 7.55. The van der Waals surface area contributed by atoms with Gasteiger partial charge in [-0.3, -0.25) is 0 Å². The molecule has 0 radical (unpaired) electrons. The summed E-state index contributed by atoms with van der Waals surface area (Å²) in [5, 5.41) is 15.4. The van der Waals surface area contributed by atoms with Gasteiger partial charge in [-0.1, -0.05) is 62.5 Å². The molecule has 0 aromatic heterocycles. The number of hydrogen-bond acceptors (Lipinski definition) is 3. The Morgan fingerprint density at radius 1 is 1.35 bits per heavy atom. The van der Waals surface area contributed by atoms with E-state index < -0.39 is 0 Å². The van der Waals surface area contributed by atoms with Crippen LogP contribution in [-0.4, -0.2) is 17.6 Å². The summed E-state index contributed by atoms with van der Waals surface area (Å²) in [6.07, 6.45) is 5.03. The van der Waals surface area contributed by atoms with Crippen LogP contribution in [0, 0.1) is 5.92 Å². The normalized spacial score (nSPS) is 13.4. The molecule has 0 saturated carbocycles. The van der Waals surface area contributed by atoms with E-state index in [1.807, 2.05) is 24.3 Å². The Balaban J connectivity index is 2.53. The molecule has 0 aliphatic heterocycles. The van der Waals surface area contributed by atoms with Crippen LogP contribution >= 0.6 is 0 Å². The van der Waals surface area contributed by atoms with Crippen LogP contribution in [0.4, 0.5) is 0 Å². The Bertz CT molecular complexity index is 418. The molecule has 0 heterocycles. The average molecular weight is 277 g/mol. The highest BCUT2D eigenvalue weighted by atomic mass is 16.4. The first-order chi connectivity index (χ1) is 9.72. The summed E-state index contributed by atoms with van der Waals surface area (Å²) in [6.45, 7) is 6.23. The van der Waals surface area contributed by atoms with Gasteiger partial charge in [0.1, 0.15) is 0 Å². The zero-order valence-electron chi connectivity index (χ0n) is 12.6. The molecule has 0 fully saturated rings. The third-order valence-electron chi connectivity index (χ3n) is 3.69. The second-order valence-electron chi connectivity index (χ2n) is 5.19. The Hall–Kier alpha value is -1.55. The number of amidine groups is 1. The highest BCUT2D eigenvalue weighted by Gasteiger charge is 2.08. The van der Waals surface area contributed by atoms with Crippen LogP contribution in [0.2, 0.25) is 0 Å². The molecule has 0 spiro atoms. The molecule has 0 saturated heterocycles. The minimum atomic E-state index is 0.167. The van der Waals surface area contributed by atoms with Crippen molar-refractivity contribution in [1.29, 1.82) is 0 Å². The lowest BCUT2D eigenvalue weighted by Crippen LogP contribution is -2.24. The van der Waals surface area contributed by atoms with Crippen molar-refractivity contribution in [2.75, 3.05) is 6.54 Å². The number of oxime groups is 1. The van der Waals surface area contributed by atoms with E-state index in [0.29, 0.717) is 0 Å². The summed E-state index contributed by atoms with van der Waals surface area (Å²) in [5.74, 6) is 0.895. The Morgan fingerprint density at radius 2 is 2.10 bits per heavy atom. The van der Waals surface area contributed by atoms with Gasteiger partial charge in [0, 0.05) is 12.1 Å². The standard InChI is InChI=1S/C16H27N3O/c1-3-5-8-13(4-2)11-18-12-14-9-6-7-10-15(14)16(17)19-20/h6-7,9-10,13,18,20H,3-5,8,11-12H2,1-2H3,(H2,17,19). The molecule has 0 aliphatic carbocycles. The molecule has 0 aliphatic rings. The maximum Gasteiger partial charge on any atom is 0.170 e.